The fraction of sp³-hybridized carbons (Fsp3) is 0.875. The molecule has 76 valence electrons. The van der Waals surface area contributed by atoms with Gasteiger partial charge in [-0.15, -0.1) is 0 Å². The second-order valence-electron chi connectivity index (χ2n) is 3.49. The molecular formula is C8H15NO4. The number of carboxylic acids is 1. The largest absolute Gasteiger partial charge is 0.481 e. The van der Waals surface area contributed by atoms with Crippen LogP contribution in [-0.4, -0.2) is 30.9 Å². The average Bonchev–Trinajstić information content (AvgIpc) is 2.04. The lowest BCUT2D eigenvalue weighted by Gasteiger charge is -2.34. The summed E-state index contributed by atoms with van der Waals surface area (Å²) in [5, 5.41) is 8.72. The number of hydrogen-bond acceptors (Lipinski definition) is 4. The number of aliphatic carboxylic acids is 1. The maximum atomic E-state index is 10.6. The van der Waals surface area contributed by atoms with E-state index in [1.165, 1.54) is 0 Å². The number of carbonyl (C=O) groups is 1. The number of rotatable bonds is 4. The number of hydrogen-bond donors (Lipinski definition) is 2. The highest BCUT2D eigenvalue weighted by molar-refractivity contribution is 5.67. The van der Waals surface area contributed by atoms with Crippen LogP contribution in [0.25, 0.3) is 0 Å². The monoisotopic (exact) mass is 189 g/mol. The second kappa shape index (κ2) is 4.55. The van der Waals surface area contributed by atoms with E-state index in [-0.39, 0.29) is 11.8 Å². The Morgan fingerprint density at radius 1 is 1.54 bits per heavy atom. The van der Waals surface area contributed by atoms with Gasteiger partial charge in [0.2, 0.25) is 0 Å². The third-order valence-corrected chi connectivity index (χ3v) is 2.47. The highest BCUT2D eigenvalue weighted by Gasteiger charge is 2.35. The summed E-state index contributed by atoms with van der Waals surface area (Å²) in [6.45, 7) is 1.48. The normalized spacial score (nSPS) is 21.3. The summed E-state index contributed by atoms with van der Waals surface area (Å²) in [7, 11) is 0. The molecule has 0 saturated carbocycles. The molecule has 5 nitrogen and oxygen atoms in total. The van der Waals surface area contributed by atoms with Crippen LogP contribution in [0.4, 0.5) is 0 Å². The van der Waals surface area contributed by atoms with Crippen LogP contribution >= 0.6 is 0 Å². The molecule has 1 fully saturated rings. The predicted molar refractivity (Wildman–Crippen MR) is 44.9 cm³/mol. The molecule has 1 rings (SSSR count). The standard InChI is InChI=1S/C8H15NO4/c9-13-6-8(5-7(10)11)1-3-12-4-2-8/h1-6,9H2,(H,10,11). The first-order valence-corrected chi connectivity index (χ1v) is 4.30. The quantitative estimate of drug-likeness (QED) is 0.615. The molecule has 1 aliphatic heterocycles. The van der Waals surface area contributed by atoms with Gasteiger partial charge in [-0.25, -0.2) is 5.90 Å². The van der Waals surface area contributed by atoms with Crippen LogP contribution in [-0.2, 0) is 14.4 Å². The highest BCUT2D eigenvalue weighted by atomic mass is 16.6. The van der Waals surface area contributed by atoms with Gasteiger partial charge in [-0.2, -0.15) is 0 Å². The Bertz CT molecular complexity index is 171. The molecule has 1 heterocycles. The zero-order valence-corrected chi connectivity index (χ0v) is 7.49. The lowest BCUT2D eigenvalue weighted by atomic mass is 9.78. The first-order chi connectivity index (χ1) is 6.18. The number of carboxylic acid groups (broad SMARTS) is 1. The fourth-order valence-corrected chi connectivity index (χ4v) is 1.67. The van der Waals surface area contributed by atoms with E-state index in [0.29, 0.717) is 32.7 Å². The smallest absolute Gasteiger partial charge is 0.303 e. The van der Waals surface area contributed by atoms with Crippen molar-refractivity contribution in [1.29, 1.82) is 0 Å². The van der Waals surface area contributed by atoms with Gasteiger partial charge < -0.3 is 14.7 Å². The van der Waals surface area contributed by atoms with Crippen molar-refractivity contribution in [3.05, 3.63) is 0 Å². The molecule has 1 saturated heterocycles. The van der Waals surface area contributed by atoms with Crippen LogP contribution in [0.1, 0.15) is 19.3 Å². The molecule has 0 unspecified atom stereocenters. The van der Waals surface area contributed by atoms with Crippen LogP contribution in [0, 0.1) is 5.41 Å². The topological polar surface area (TPSA) is 81.8 Å². The molecule has 0 atom stereocenters. The van der Waals surface area contributed by atoms with E-state index >= 15 is 0 Å². The molecule has 13 heavy (non-hydrogen) atoms. The summed E-state index contributed by atoms with van der Waals surface area (Å²) < 4.78 is 5.16. The molecule has 0 bridgehead atoms. The van der Waals surface area contributed by atoms with Crippen LogP contribution in [0.15, 0.2) is 0 Å². The Morgan fingerprint density at radius 2 is 2.15 bits per heavy atom. The first kappa shape index (κ1) is 10.4. The van der Waals surface area contributed by atoms with E-state index < -0.39 is 5.97 Å². The van der Waals surface area contributed by atoms with Crippen molar-refractivity contribution in [3.8, 4) is 0 Å². The van der Waals surface area contributed by atoms with Crippen LogP contribution in [0.5, 0.6) is 0 Å². The van der Waals surface area contributed by atoms with E-state index in [0.717, 1.165) is 0 Å². The highest BCUT2D eigenvalue weighted by Crippen LogP contribution is 2.34. The van der Waals surface area contributed by atoms with E-state index in [4.69, 9.17) is 15.7 Å². The second-order valence-corrected chi connectivity index (χ2v) is 3.49. The summed E-state index contributed by atoms with van der Waals surface area (Å²) in [5.41, 5.74) is -0.321. The number of ether oxygens (including phenoxy) is 1. The third kappa shape index (κ3) is 2.95. The first-order valence-electron chi connectivity index (χ1n) is 4.30. The minimum Gasteiger partial charge on any atom is -0.481 e. The molecule has 0 aliphatic carbocycles. The fourth-order valence-electron chi connectivity index (χ4n) is 1.67. The van der Waals surface area contributed by atoms with E-state index in [1.807, 2.05) is 0 Å². The lowest BCUT2D eigenvalue weighted by Crippen LogP contribution is -2.37. The Balaban J connectivity index is 2.55. The molecule has 0 amide bonds. The van der Waals surface area contributed by atoms with Gasteiger partial charge in [-0.3, -0.25) is 4.79 Å². The van der Waals surface area contributed by atoms with Gasteiger partial charge in [0.05, 0.1) is 13.0 Å². The Hall–Kier alpha value is -0.650. The van der Waals surface area contributed by atoms with Crippen molar-refractivity contribution < 1.29 is 19.5 Å². The van der Waals surface area contributed by atoms with Crippen molar-refractivity contribution in [3.63, 3.8) is 0 Å². The molecule has 1 aliphatic rings. The third-order valence-electron chi connectivity index (χ3n) is 2.47. The molecule has 0 radical (unpaired) electrons. The molecule has 5 heteroatoms. The summed E-state index contributed by atoms with van der Waals surface area (Å²) in [5.74, 6) is 4.18. The van der Waals surface area contributed by atoms with Crippen molar-refractivity contribution in [1.82, 2.24) is 0 Å². The molecular weight excluding hydrogens is 174 g/mol. The van der Waals surface area contributed by atoms with Gasteiger partial charge in [0, 0.05) is 18.6 Å². The molecule has 0 aromatic rings. The Kier molecular flexibility index (Phi) is 3.65. The van der Waals surface area contributed by atoms with Gasteiger partial charge >= 0.3 is 5.97 Å². The van der Waals surface area contributed by atoms with Crippen molar-refractivity contribution in [2.75, 3.05) is 19.8 Å². The van der Waals surface area contributed by atoms with E-state index in [2.05, 4.69) is 4.84 Å². The molecule has 0 aromatic heterocycles. The van der Waals surface area contributed by atoms with Crippen LogP contribution in [0.3, 0.4) is 0 Å². The zero-order valence-electron chi connectivity index (χ0n) is 7.49. The SMILES string of the molecule is NOCC1(CC(=O)O)CCOCC1. The minimum atomic E-state index is -0.807. The molecule has 0 spiro atoms. The van der Waals surface area contributed by atoms with Gasteiger partial charge in [0.15, 0.2) is 0 Å². The molecule has 3 N–H and O–H groups in total. The van der Waals surface area contributed by atoms with Crippen LogP contribution in [0.2, 0.25) is 0 Å². The van der Waals surface area contributed by atoms with Crippen molar-refractivity contribution in [2.45, 2.75) is 19.3 Å². The molecule has 0 aromatic carbocycles. The summed E-state index contributed by atoms with van der Waals surface area (Å²) in [6.07, 6.45) is 1.51. The Morgan fingerprint density at radius 3 is 2.62 bits per heavy atom. The summed E-state index contributed by atoms with van der Waals surface area (Å²) >= 11 is 0. The van der Waals surface area contributed by atoms with Crippen molar-refractivity contribution >= 4 is 5.97 Å². The maximum absolute atomic E-state index is 10.6. The van der Waals surface area contributed by atoms with Crippen LogP contribution < -0.4 is 5.90 Å². The summed E-state index contributed by atoms with van der Waals surface area (Å²) in [4.78, 5) is 15.2. The maximum Gasteiger partial charge on any atom is 0.303 e. The van der Waals surface area contributed by atoms with Gasteiger partial charge in [-0.1, -0.05) is 0 Å². The predicted octanol–water partition coefficient (Wildman–Crippen LogP) is 0.148. The average molecular weight is 189 g/mol. The minimum absolute atomic E-state index is 0.105. The van der Waals surface area contributed by atoms with E-state index in [1.54, 1.807) is 0 Å². The van der Waals surface area contributed by atoms with Gasteiger partial charge in [-0.05, 0) is 12.8 Å². The number of nitrogens with two attached hydrogens (primary N) is 1. The zero-order chi connectivity index (χ0) is 9.73. The summed E-state index contributed by atoms with van der Waals surface area (Å²) in [6, 6.07) is 0. The van der Waals surface area contributed by atoms with Gasteiger partial charge in [0.25, 0.3) is 0 Å². The van der Waals surface area contributed by atoms with E-state index in [9.17, 15) is 4.79 Å². The Labute approximate surface area is 76.8 Å². The lowest BCUT2D eigenvalue weighted by molar-refractivity contribution is -0.143. The van der Waals surface area contributed by atoms with Gasteiger partial charge in [0.1, 0.15) is 0 Å². The van der Waals surface area contributed by atoms with Crippen molar-refractivity contribution in [2.24, 2.45) is 11.3 Å².